The van der Waals surface area contributed by atoms with Crippen LogP contribution in [0.3, 0.4) is 0 Å². The van der Waals surface area contributed by atoms with Crippen LogP contribution >= 0.6 is 0 Å². The highest BCUT2D eigenvalue weighted by atomic mass is 16.6. The molecule has 3 unspecified atom stereocenters. The Morgan fingerprint density at radius 3 is 2.22 bits per heavy atom. The van der Waals surface area contributed by atoms with Crippen LogP contribution < -0.4 is 10.5 Å². The van der Waals surface area contributed by atoms with Gasteiger partial charge < -0.3 is 50.2 Å². The number of rotatable bonds is 10. The Hall–Kier alpha value is -3.70. The standard InChI is InChI=1S/C26H29NO9/c27-6-7-33-8-9-34-25-22-18(29)12-17(28)13-21(22)36-24(16-10-19(30)23(32)20(31)11-16)26(25)35-14-15-4-2-1-3-5-15/h1-5,10-13,24-26,28-32H,6-9,14,27H2. The maximum atomic E-state index is 10.7. The quantitative estimate of drug-likeness (QED) is 0.180. The van der Waals surface area contributed by atoms with E-state index in [0.717, 1.165) is 5.56 Å². The molecule has 1 aliphatic heterocycles. The van der Waals surface area contributed by atoms with Crippen LogP contribution in [0.25, 0.3) is 0 Å². The highest BCUT2D eigenvalue weighted by Crippen LogP contribution is 2.51. The molecule has 0 spiro atoms. The molecule has 1 aliphatic rings. The van der Waals surface area contributed by atoms with E-state index in [0.29, 0.717) is 13.2 Å². The molecule has 3 aromatic carbocycles. The van der Waals surface area contributed by atoms with Crippen molar-refractivity contribution in [3.05, 3.63) is 71.3 Å². The van der Waals surface area contributed by atoms with Gasteiger partial charge in [-0.3, -0.25) is 0 Å². The van der Waals surface area contributed by atoms with Crippen LogP contribution in [0.5, 0.6) is 34.5 Å². The summed E-state index contributed by atoms with van der Waals surface area (Å²) in [6, 6.07) is 14.4. The minimum absolute atomic E-state index is 0.133. The predicted molar refractivity (Wildman–Crippen MR) is 128 cm³/mol. The van der Waals surface area contributed by atoms with E-state index in [2.05, 4.69) is 0 Å². The number of hydrogen-bond donors (Lipinski definition) is 6. The highest BCUT2D eigenvalue weighted by molar-refractivity contribution is 5.55. The van der Waals surface area contributed by atoms with E-state index < -0.39 is 35.6 Å². The Kier molecular flexibility index (Phi) is 8.01. The predicted octanol–water partition coefficient (Wildman–Crippen LogP) is 2.97. The zero-order valence-electron chi connectivity index (χ0n) is 19.4. The summed E-state index contributed by atoms with van der Waals surface area (Å²) in [5.41, 5.74) is 6.89. The van der Waals surface area contributed by atoms with Crippen LogP contribution in [0.1, 0.15) is 28.9 Å². The summed E-state index contributed by atoms with van der Waals surface area (Å²) >= 11 is 0. The first-order chi connectivity index (χ1) is 17.4. The fourth-order valence-electron chi connectivity index (χ4n) is 4.09. The van der Waals surface area contributed by atoms with E-state index in [-0.39, 0.29) is 48.2 Å². The summed E-state index contributed by atoms with van der Waals surface area (Å²) in [4.78, 5) is 0. The zero-order valence-corrected chi connectivity index (χ0v) is 19.4. The van der Waals surface area contributed by atoms with E-state index in [1.54, 1.807) is 0 Å². The molecule has 7 N–H and O–H groups in total. The molecule has 0 aromatic heterocycles. The lowest BCUT2D eigenvalue weighted by Crippen LogP contribution is -2.38. The molecular formula is C26H29NO9. The van der Waals surface area contributed by atoms with Crippen LogP contribution in [0.2, 0.25) is 0 Å². The summed E-state index contributed by atoms with van der Waals surface area (Å²) in [5, 5.41) is 50.9. The van der Waals surface area contributed by atoms with Crippen molar-refractivity contribution in [2.24, 2.45) is 5.73 Å². The summed E-state index contributed by atoms with van der Waals surface area (Å²) < 4.78 is 23.9. The Morgan fingerprint density at radius 2 is 1.53 bits per heavy atom. The first-order valence-corrected chi connectivity index (χ1v) is 11.4. The number of benzene rings is 3. The van der Waals surface area contributed by atoms with Gasteiger partial charge in [0.1, 0.15) is 29.5 Å². The summed E-state index contributed by atoms with van der Waals surface area (Å²) in [7, 11) is 0. The fraction of sp³-hybridized carbons (Fsp3) is 0.308. The molecule has 0 amide bonds. The fourth-order valence-corrected chi connectivity index (χ4v) is 4.09. The second-order valence-electron chi connectivity index (χ2n) is 8.28. The van der Waals surface area contributed by atoms with Crippen LogP contribution in [0, 0.1) is 0 Å². The average molecular weight is 500 g/mol. The number of phenolic OH excluding ortho intramolecular Hbond substituents is 5. The van der Waals surface area contributed by atoms with Crippen molar-refractivity contribution in [1.82, 2.24) is 0 Å². The van der Waals surface area contributed by atoms with Crippen LogP contribution in [0.4, 0.5) is 0 Å². The number of nitrogens with two attached hydrogens (primary N) is 1. The maximum absolute atomic E-state index is 10.7. The summed E-state index contributed by atoms with van der Waals surface area (Å²) in [6.07, 6.45) is -2.73. The van der Waals surface area contributed by atoms with Gasteiger partial charge >= 0.3 is 0 Å². The SMILES string of the molecule is NCCOCCOC1c2c(O)cc(O)cc2OC(c2cc(O)c(O)c(O)c2)C1OCc1ccccc1. The van der Waals surface area contributed by atoms with E-state index in [4.69, 9.17) is 24.7 Å². The Bertz CT molecular complexity index is 1150. The van der Waals surface area contributed by atoms with Crippen LogP contribution in [-0.4, -0.2) is 58.0 Å². The molecular weight excluding hydrogens is 470 g/mol. The van der Waals surface area contributed by atoms with Crippen molar-refractivity contribution in [3.8, 4) is 34.5 Å². The lowest BCUT2D eigenvalue weighted by molar-refractivity contribution is -0.144. The zero-order chi connectivity index (χ0) is 25.7. The molecule has 36 heavy (non-hydrogen) atoms. The second-order valence-corrected chi connectivity index (χ2v) is 8.28. The van der Waals surface area contributed by atoms with Gasteiger partial charge in [0.2, 0.25) is 0 Å². The van der Waals surface area contributed by atoms with Gasteiger partial charge in [0.05, 0.1) is 32.0 Å². The number of hydrogen-bond acceptors (Lipinski definition) is 10. The number of fused-ring (bicyclic) bond motifs is 1. The van der Waals surface area contributed by atoms with E-state index >= 15 is 0 Å². The second kappa shape index (κ2) is 11.4. The van der Waals surface area contributed by atoms with Gasteiger partial charge in [-0.15, -0.1) is 0 Å². The van der Waals surface area contributed by atoms with Crippen LogP contribution in [-0.2, 0) is 20.8 Å². The number of aromatic hydroxyl groups is 5. The Balaban J connectivity index is 1.74. The highest BCUT2D eigenvalue weighted by Gasteiger charge is 2.43. The minimum atomic E-state index is -0.963. The molecule has 3 aromatic rings. The molecule has 0 radical (unpaired) electrons. The van der Waals surface area contributed by atoms with Gasteiger partial charge in [-0.1, -0.05) is 30.3 Å². The van der Waals surface area contributed by atoms with Gasteiger partial charge in [-0.05, 0) is 17.7 Å². The molecule has 0 bridgehead atoms. The van der Waals surface area contributed by atoms with Crippen molar-refractivity contribution in [1.29, 1.82) is 0 Å². The maximum Gasteiger partial charge on any atom is 0.200 e. The largest absolute Gasteiger partial charge is 0.508 e. The van der Waals surface area contributed by atoms with Crippen molar-refractivity contribution >= 4 is 0 Å². The van der Waals surface area contributed by atoms with E-state index in [9.17, 15) is 25.5 Å². The molecule has 0 saturated heterocycles. The number of phenols is 5. The molecule has 0 saturated carbocycles. The average Bonchev–Trinajstić information content (AvgIpc) is 2.86. The first kappa shape index (κ1) is 25.4. The topological polar surface area (TPSA) is 164 Å². The van der Waals surface area contributed by atoms with Gasteiger partial charge in [-0.25, -0.2) is 0 Å². The monoisotopic (exact) mass is 499 g/mol. The minimum Gasteiger partial charge on any atom is -0.508 e. The van der Waals surface area contributed by atoms with E-state index in [1.807, 2.05) is 30.3 Å². The molecule has 10 nitrogen and oxygen atoms in total. The third kappa shape index (κ3) is 5.58. The molecule has 0 aliphatic carbocycles. The lowest BCUT2D eigenvalue weighted by atomic mass is 9.90. The normalized spacial score (nSPS) is 19.0. The molecule has 3 atom stereocenters. The molecule has 10 heteroatoms. The molecule has 192 valence electrons. The summed E-state index contributed by atoms with van der Waals surface area (Å²) in [6.45, 7) is 1.25. The van der Waals surface area contributed by atoms with Crippen LogP contribution in [0.15, 0.2) is 54.6 Å². The van der Waals surface area contributed by atoms with Crippen molar-refractivity contribution < 1.29 is 44.5 Å². The smallest absolute Gasteiger partial charge is 0.200 e. The van der Waals surface area contributed by atoms with Gasteiger partial charge in [0, 0.05) is 24.2 Å². The molecule has 0 fully saturated rings. The third-order valence-corrected chi connectivity index (χ3v) is 5.73. The molecule has 4 rings (SSSR count). The van der Waals surface area contributed by atoms with Gasteiger partial charge in [-0.2, -0.15) is 0 Å². The summed E-state index contributed by atoms with van der Waals surface area (Å²) in [5.74, 6) is -2.11. The molecule has 1 heterocycles. The first-order valence-electron chi connectivity index (χ1n) is 11.4. The van der Waals surface area contributed by atoms with E-state index in [1.165, 1.54) is 24.3 Å². The third-order valence-electron chi connectivity index (χ3n) is 5.73. The Morgan fingerprint density at radius 1 is 0.806 bits per heavy atom. The van der Waals surface area contributed by atoms with Gasteiger partial charge in [0.25, 0.3) is 0 Å². The van der Waals surface area contributed by atoms with Crippen molar-refractivity contribution in [2.75, 3.05) is 26.4 Å². The lowest BCUT2D eigenvalue weighted by Gasteiger charge is -2.39. The van der Waals surface area contributed by atoms with Gasteiger partial charge in [0.15, 0.2) is 23.4 Å². The Labute approximate surface area is 207 Å². The van der Waals surface area contributed by atoms with Crippen molar-refractivity contribution in [2.45, 2.75) is 24.9 Å². The van der Waals surface area contributed by atoms with Crippen molar-refractivity contribution in [3.63, 3.8) is 0 Å². The number of ether oxygens (including phenoxy) is 4.